The van der Waals surface area contributed by atoms with Gasteiger partial charge in [0, 0.05) is 12.4 Å². The van der Waals surface area contributed by atoms with Gasteiger partial charge in [-0.1, -0.05) is 0 Å². The number of H-pyrrole nitrogens is 1. The van der Waals surface area contributed by atoms with Gasteiger partial charge in [-0.15, -0.1) is 0 Å². The first kappa shape index (κ1) is 10.7. The van der Waals surface area contributed by atoms with Crippen molar-refractivity contribution in [3.8, 4) is 0 Å². The first-order chi connectivity index (χ1) is 8.18. The average molecular weight is 233 g/mol. The van der Waals surface area contributed by atoms with E-state index in [2.05, 4.69) is 25.3 Å². The molecule has 0 bridgehead atoms. The number of nitrogens with zero attached hydrogens (tertiary/aromatic N) is 3. The van der Waals surface area contributed by atoms with Crippen LogP contribution in [0.2, 0.25) is 0 Å². The highest BCUT2D eigenvalue weighted by Gasteiger charge is 2.16. The number of amides is 1. The van der Waals surface area contributed by atoms with Crippen LogP contribution in [0, 0.1) is 0 Å². The standard InChI is InChI=1S/C9H7N5O3/c15-8(5-3-10-4-13-5)14-7-6(9(16)17)11-1-2-12-7/h1-4H,(H,10,13)(H,16,17)(H,12,14,15). The lowest BCUT2D eigenvalue weighted by Gasteiger charge is -2.04. The number of carboxylic acids is 1. The number of carbonyl (C=O) groups excluding carboxylic acids is 1. The molecule has 2 rings (SSSR count). The van der Waals surface area contributed by atoms with E-state index in [9.17, 15) is 9.59 Å². The zero-order valence-electron chi connectivity index (χ0n) is 8.41. The Morgan fingerprint density at radius 2 is 2.06 bits per heavy atom. The highest BCUT2D eigenvalue weighted by atomic mass is 16.4. The van der Waals surface area contributed by atoms with Crippen molar-refractivity contribution in [2.24, 2.45) is 0 Å². The third kappa shape index (κ3) is 2.25. The van der Waals surface area contributed by atoms with E-state index in [1.54, 1.807) is 0 Å². The predicted octanol–water partition coefficient (Wildman–Crippen LogP) is 0.150. The molecule has 0 saturated heterocycles. The summed E-state index contributed by atoms with van der Waals surface area (Å²) >= 11 is 0. The van der Waals surface area contributed by atoms with Crippen LogP contribution in [-0.4, -0.2) is 36.9 Å². The number of hydrogen-bond acceptors (Lipinski definition) is 5. The Hall–Kier alpha value is -2.77. The fourth-order valence-corrected chi connectivity index (χ4v) is 1.14. The Labute approximate surface area is 94.8 Å². The van der Waals surface area contributed by atoms with Crippen molar-refractivity contribution in [2.45, 2.75) is 0 Å². The van der Waals surface area contributed by atoms with Gasteiger partial charge in [0.15, 0.2) is 11.5 Å². The summed E-state index contributed by atoms with van der Waals surface area (Å²) in [6.45, 7) is 0. The molecule has 0 aliphatic heterocycles. The van der Waals surface area contributed by atoms with Crippen molar-refractivity contribution < 1.29 is 14.7 Å². The zero-order valence-corrected chi connectivity index (χ0v) is 8.41. The molecule has 0 spiro atoms. The number of imidazole rings is 1. The van der Waals surface area contributed by atoms with Crippen LogP contribution in [0.15, 0.2) is 24.9 Å². The highest BCUT2D eigenvalue weighted by molar-refractivity contribution is 6.05. The Morgan fingerprint density at radius 3 is 2.71 bits per heavy atom. The molecule has 2 aromatic rings. The molecule has 0 aliphatic carbocycles. The molecule has 0 unspecified atom stereocenters. The second-order valence-corrected chi connectivity index (χ2v) is 2.98. The Bertz CT molecular complexity index is 552. The molecule has 1 amide bonds. The fourth-order valence-electron chi connectivity index (χ4n) is 1.14. The number of carbonyl (C=O) groups is 2. The van der Waals surface area contributed by atoms with Gasteiger partial charge in [-0.2, -0.15) is 0 Å². The molecule has 0 atom stereocenters. The molecule has 86 valence electrons. The van der Waals surface area contributed by atoms with E-state index in [-0.39, 0.29) is 17.2 Å². The van der Waals surface area contributed by atoms with Gasteiger partial charge in [0.2, 0.25) is 0 Å². The minimum atomic E-state index is -1.27. The SMILES string of the molecule is O=C(Nc1nccnc1C(=O)O)c1cnc[nH]1. The van der Waals surface area contributed by atoms with E-state index < -0.39 is 11.9 Å². The molecule has 0 aromatic carbocycles. The number of nitrogens with one attached hydrogen (secondary N) is 2. The summed E-state index contributed by atoms with van der Waals surface area (Å²) < 4.78 is 0. The van der Waals surface area contributed by atoms with E-state index in [4.69, 9.17) is 5.11 Å². The predicted molar refractivity (Wildman–Crippen MR) is 55.5 cm³/mol. The summed E-state index contributed by atoms with van der Waals surface area (Å²) in [7, 11) is 0. The molecule has 0 aliphatic rings. The summed E-state index contributed by atoms with van der Waals surface area (Å²) in [5.74, 6) is -1.91. The van der Waals surface area contributed by atoms with Crippen molar-refractivity contribution >= 4 is 17.7 Å². The Kier molecular flexibility index (Phi) is 2.77. The normalized spacial score (nSPS) is 9.88. The molecule has 17 heavy (non-hydrogen) atoms. The quantitative estimate of drug-likeness (QED) is 0.693. The van der Waals surface area contributed by atoms with E-state index in [0.29, 0.717) is 0 Å². The van der Waals surface area contributed by atoms with Gasteiger partial charge < -0.3 is 15.4 Å². The van der Waals surface area contributed by atoms with Gasteiger partial charge in [0.25, 0.3) is 5.91 Å². The van der Waals surface area contributed by atoms with Crippen LogP contribution in [0.3, 0.4) is 0 Å². The van der Waals surface area contributed by atoms with Crippen molar-refractivity contribution in [1.82, 2.24) is 19.9 Å². The van der Waals surface area contributed by atoms with Crippen LogP contribution in [0.5, 0.6) is 0 Å². The zero-order chi connectivity index (χ0) is 12.3. The first-order valence-corrected chi connectivity index (χ1v) is 4.52. The van der Waals surface area contributed by atoms with Gasteiger partial charge in [0.05, 0.1) is 12.5 Å². The van der Waals surface area contributed by atoms with Gasteiger partial charge in [-0.3, -0.25) is 4.79 Å². The minimum absolute atomic E-state index is 0.111. The molecule has 8 nitrogen and oxygen atoms in total. The number of carboxylic acid groups (broad SMARTS) is 1. The summed E-state index contributed by atoms with van der Waals surface area (Å²) in [5, 5.41) is 11.2. The minimum Gasteiger partial charge on any atom is -0.476 e. The Balaban J connectivity index is 2.25. The lowest BCUT2D eigenvalue weighted by Crippen LogP contribution is -2.17. The number of rotatable bonds is 3. The lowest BCUT2D eigenvalue weighted by molar-refractivity contribution is 0.0691. The van der Waals surface area contributed by atoms with Gasteiger partial charge in [0.1, 0.15) is 5.69 Å². The second kappa shape index (κ2) is 4.39. The third-order valence-electron chi connectivity index (χ3n) is 1.88. The second-order valence-electron chi connectivity index (χ2n) is 2.98. The van der Waals surface area contributed by atoms with Crippen LogP contribution in [0.4, 0.5) is 5.82 Å². The van der Waals surface area contributed by atoms with Crippen molar-refractivity contribution in [1.29, 1.82) is 0 Å². The monoisotopic (exact) mass is 233 g/mol. The molecule has 3 N–H and O–H groups in total. The largest absolute Gasteiger partial charge is 0.476 e. The van der Waals surface area contributed by atoms with Gasteiger partial charge >= 0.3 is 5.97 Å². The fraction of sp³-hybridized carbons (Fsp3) is 0. The maximum Gasteiger partial charge on any atom is 0.358 e. The average Bonchev–Trinajstić information content (AvgIpc) is 2.83. The summed E-state index contributed by atoms with van der Waals surface area (Å²) in [4.78, 5) is 36.0. The molecule has 8 heteroatoms. The maximum atomic E-state index is 11.6. The van der Waals surface area contributed by atoms with E-state index in [1.165, 1.54) is 24.9 Å². The summed E-state index contributed by atoms with van der Waals surface area (Å²) in [6, 6.07) is 0. The smallest absolute Gasteiger partial charge is 0.358 e. The van der Waals surface area contributed by atoms with Gasteiger partial charge in [-0.05, 0) is 0 Å². The third-order valence-corrected chi connectivity index (χ3v) is 1.88. The highest BCUT2D eigenvalue weighted by Crippen LogP contribution is 2.09. The van der Waals surface area contributed by atoms with Crippen LogP contribution >= 0.6 is 0 Å². The molecular formula is C9H7N5O3. The van der Waals surface area contributed by atoms with E-state index in [1.807, 2.05) is 0 Å². The molecular weight excluding hydrogens is 226 g/mol. The molecule has 2 aromatic heterocycles. The number of hydrogen-bond donors (Lipinski definition) is 3. The van der Waals surface area contributed by atoms with Crippen LogP contribution in [-0.2, 0) is 0 Å². The van der Waals surface area contributed by atoms with Crippen LogP contribution in [0.1, 0.15) is 21.0 Å². The number of aromatic amines is 1. The van der Waals surface area contributed by atoms with E-state index in [0.717, 1.165) is 0 Å². The van der Waals surface area contributed by atoms with Gasteiger partial charge in [-0.25, -0.2) is 19.7 Å². The summed E-state index contributed by atoms with van der Waals surface area (Å²) in [6.07, 6.45) is 5.17. The van der Waals surface area contributed by atoms with Crippen molar-refractivity contribution in [3.05, 3.63) is 36.3 Å². The summed E-state index contributed by atoms with van der Waals surface area (Å²) in [5.41, 5.74) is -0.118. The van der Waals surface area contributed by atoms with Crippen molar-refractivity contribution in [2.75, 3.05) is 5.32 Å². The number of aromatic carboxylic acids is 1. The molecule has 0 saturated carbocycles. The lowest BCUT2D eigenvalue weighted by atomic mass is 10.3. The molecule has 0 fully saturated rings. The number of anilines is 1. The maximum absolute atomic E-state index is 11.6. The topological polar surface area (TPSA) is 121 Å². The first-order valence-electron chi connectivity index (χ1n) is 4.52. The number of aromatic nitrogens is 4. The molecule has 0 radical (unpaired) electrons. The Morgan fingerprint density at radius 1 is 1.29 bits per heavy atom. The van der Waals surface area contributed by atoms with Crippen LogP contribution in [0.25, 0.3) is 0 Å². The molecule has 2 heterocycles. The van der Waals surface area contributed by atoms with Crippen LogP contribution < -0.4 is 5.32 Å². The van der Waals surface area contributed by atoms with Crippen molar-refractivity contribution in [3.63, 3.8) is 0 Å². The van der Waals surface area contributed by atoms with E-state index >= 15 is 0 Å².